The molecule has 0 atom stereocenters. The van der Waals surface area contributed by atoms with Gasteiger partial charge in [0.2, 0.25) is 0 Å². The highest BCUT2D eigenvalue weighted by Gasteiger charge is 2.50. The van der Waals surface area contributed by atoms with E-state index in [4.69, 9.17) is 8.83 Å². The Kier molecular flexibility index (Phi) is 8.76. The molecule has 7 heteroatoms. The summed E-state index contributed by atoms with van der Waals surface area (Å²) in [7, 11) is 0. The molecule has 0 amide bonds. The molecule has 0 N–H and O–H groups in total. The van der Waals surface area contributed by atoms with Crippen LogP contribution in [0.4, 0.5) is 51.2 Å². The van der Waals surface area contributed by atoms with E-state index >= 15 is 0 Å². The van der Waals surface area contributed by atoms with E-state index in [9.17, 15) is 0 Å². The summed E-state index contributed by atoms with van der Waals surface area (Å²) in [5, 5.41) is 0. The van der Waals surface area contributed by atoms with Gasteiger partial charge in [-0.2, -0.15) is 0 Å². The molecule has 5 nitrogen and oxygen atoms in total. The van der Waals surface area contributed by atoms with E-state index in [-0.39, 0.29) is 28.4 Å². The summed E-state index contributed by atoms with van der Waals surface area (Å²) in [6.07, 6.45) is 0. The molecule has 2 aromatic heterocycles. The number of rotatable bonds is 3. The first kappa shape index (κ1) is 39.6. The van der Waals surface area contributed by atoms with E-state index in [0.717, 1.165) is 62.7 Å². The van der Waals surface area contributed by atoms with Gasteiger partial charge in [-0.05, 0) is 88.1 Å². The van der Waals surface area contributed by atoms with Crippen LogP contribution in [0, 0.1) is 0 Å². The van der Waals surface area contributed by atoms with Gasteiger partial charge in [0.05, 0.1) is 28.4 Å². The average molecular weight is 822 g/mol. The van der Waals surface area contributed by atoms with Crippen molar-refractivity contribution in [1.29, 1.82) is 0 Å². The van der Waals surface area contributed by atoms with Crippen LogP contribution in [-0.4, -0.2) is 6.71 Å². The molecule has 10 rings (SSSR count). The van der Waals surface area contributed by atoms with Crippen LogP contribution >= 0.6 is 11.8 Å². The number of anilines is 9. The first-order chi connectivity index (χ1) is 28.8. The van der Waals surface area contributed by atoms with Gasteiger partial charge in [-0.25, -0.2) is 0 Å². The van der Waals surface area contributed by atoms with Gasteiger partial charge in [0.1, 0.15) is 22.8 Å². The van der Waals surface area contributed by atoms with E-state index < -0.39 is 0 Å². The van der Waals surface area contributed by atoms with Crippen LogP contribution in [0.1, 0.15) is 106 Å². The molecule has 3 aliphatic rings. The van der Waals surface area contributed by atoms with Crippen molar-refractivity contribution < 1.29 is 8.83 Å². The fourth-order valence-electron chi connectivity index (χ4n) is 9.10. The zero-order valence-electron chi connectivity index (χ0n) is 37.7. The first-order valence-electron chi connectivity index (χ1n) is 21.7. The lowest BCUT2D eigenvalue weighted by atomic mass is 9.38. The molecule has 0 spiro atoms. The van der Waals surface area contributed by atoms with Crippen molar-refractivity contribution in [2.75, 3.05) is 14.7 Å². The van der Waals surface area contributed by atoms with Gasteiger partial charge >= 0.3 is 6.71 Å². The van der Waals surface area contributed by atoms with Gasteiger partial charge in [0.25, 0.3) is 0 Å². The Labute approximate surface area is 366 Å². The molecule has 0 saturated carbocycles. The molecular weight excluding hydrogens is 765 g/mol. The number of furan rings is 2. The Morgan fingerprint density at radius 3 is 1.15 bits per heavy atom. The highest BCUT2D eigenvalue weighted by atomic mass is 32.2. The van der Waals surface area contributed by atoms with Gasteiger partial charge in [0.15, 0.2) is 0 Å². The molecule has 0 aliphatic carbocycles. The van der Waals surface area contributed by atoms with E-state index in [2.05, 4.69) is 219 Å². The Morgan fingerprint density at radius 1 is 0.393 bits per heavy atom. The van der Waals surface area contributed by atoms with Crippen molar-refractivity contribution in [1.82, 2.24) is 0 Å². The Morgan fingerprint density at radius 2 is 0.770 bits per heavy atom. The maximum absolute atomic E-state index is 7.20. The van der Waals surface area contributed by atoms with Crippen molar-refractivity contribution in [3.05, 3.63) is 144 Å². The minimum absolute atomic E-state index is 0.0152. The molecule has 5 heterocycles. The lowest BCUT2D eigenvalue weighted by molar-refractivity contribution is 0.419. The monoisotopic (exact) mass is 821 g/mol. The minimum Gasteiger partial charge on any atom is -0.472 e. The summed E-state index contributed by atoms with van der Waals surface area (Å²) < 4.78 is 14.4. The Bertz CT molecular complexity index is 2650. The largest absolute Gasteiger partial charge is 0.472 e. The molecule has 61 heavy (non-hydrogen) atoms. The van der Waals surface area contributed by atoms with E-state index in [0.29, 0.717) is 0 Å². The number of nitrogens with zero attached hydrogens (tertiary/aromatic N) is 3. The zero-order chi connectivity index (χ0) is 43.0. The van der Waals surface area contributed by atoms with Crippen LogP contribution in [0.15, 0.2) is 140 Å². The lowest BCUT2D eigenvalue weighted by Crippen LogP contribution is -2.60. The molecule has 308 valence electrons. The average Bonchev–Trinajstić information content (AvgIpc) is 3.86. The predicted molar refractivity (Wildman–Crippen MR) is 259 cm³/mol. The second kappa shape index (κ2) is 13.5. The standard InChI is InChI=1S/C54H56BN3O2S/c1-51(2,3)33-21-25-35(26-22-33)56-40-29-37(58-38-17-13-15-19-44(38)61-45-20-16-14-18-39(45)58)30-41-48(40)55(49-42(56)31-46(59-49)53(7,8)9)50-43(32-47(60-50)54(10,11)12)57(41)36-27-23-34(24-28-36)52(4,5)6/h13-32H,1-12H3. The van der Waals surface area contributed by atoms with Crippen LogP contribution in [0.25, 0.3) is 0 Å². The molecule has 0 saturated heterocycles. The molecule has 3 aliphatic heterocycles. The lowest BCUT2D eigenvalue weighted by Gasteiger charge is -2.42. The number of hydrogen-bond donors (Lipinski definition) is 0. The minimum atomic E-state index is -0.275. The quantitative estimate of drug-likeness (QED) is 0.165. The molecule has 0 unspecified atom stereocenters. The second-order valence-corrected chi connectivity index (χ2v) is 22.3. The second-order valence-electron chi connectivity index (χ2n) is 21.2. The topological polar surface area (TPSA) is 36.0 Å². The van der Waals surface area contributed by atoms with Crippen LogP contribution in [0.2, 0.25) is 0 Å². The fraction of sp³-hybridized carbons (Fsp3) is 0.296. The van der Waals surface area contributed by atoms with Crippen LogP contribution in [0.3, 0.4) is 0 Å². The van der Waals surface area contributed by atoms with Crippen molar-refractivity contribution in [2.24, 2.45) is 0 Å². The van der Waals surface area contributed by atoms with Crippen molar-refractivity contribution in [3.8, 4) is 0 Å². The zero-order valence-corrected chi connectivity index (χ0v) is 38.5. The van der Waals surface area contributed by atoms with Crippen molar-refractivity contribution in [2.45, 2.75) is 115 Å². The molecule has 7 aromatic rings. The predicted octanol–water partition coefficient (Wildman–Crippen LogP) is 14.1. The third-order valence-electron chi connectivity index (χ3n) is 12.5. The molecule has 0 radical (unpaired) electrons. The maximum Gasteiger partial charge on any atom is 0.342 e. The summed E-state index contributed by atoms with van der Waals surface area (Å²) >= 11 is 1.84. The molecule has 0 fully saturated rings. The van der Waals surface area contributed by atoms with E-state index in [1.807, 2.05) is 11.8 Å². The summed E-state index contributed by atoms with van der Waals surface area (Å²) in [4.78, 5) is 9.83. The highest BCUT2D eigenvalue weighted by Crippen LogP contribution is 2.54. The number of benzene rings is 5. The Balaban J connectivity index is 1.33. The summed E-state index contributed by atoms with van der Waals surface area (Å²) in [5.74, 6) is 1.90. The third-order valence-corrected chi connectivity index (χ3v) is 13.7. The number of fused-ring (bicyclic) bond motifs is 6. The number of hydrogen-bond acceptors (Lipinski definition) is 6. The normalized spacial score (nSPS) is 14.7. The van der Waals surface area contributed by atoms with Crippen LogP contribution in [-0.2, 0) is 21.7 Å². The van der Waals surface area contributed by atoms with Crippen molar-refractivity contribution >= 4 is 86.4 Å². The first-order valence-corrected chi connectivity index (χ1v) is 22.5. The van der Waals surface area contributed by atoms with Crippen molar-refractivity contribution in [3.63, 3.8) is 0 Å². The maximum atomic E-state index is 7.20. The molecule has 5 aromatic carbocycles. The summed E-state index contributed by atoms with van der Waals surface area (Å²) in [6.45, 7) is 26.8. The van der Waals surface area contributed by atoms with Gasteiger partial charge in [-0.1, -0.05) is 143 Å². The van der Waals surface area contributed by atoms with Gasteiger partial charge < -0.3 is 23.5 Å². The van der Waals surface area contributed by atoms with Gasteiger partial charge in [0, 0.05) is 55.5 Å². The van der Waals surface area contributed by atoms with Crippen LogP contribution in [0.5, 0.6) is 0 Å². The highest BCUT2D eigenvalue weighted by molar-refractivity contribution is 7.99. The summed E-state index contributed by atoms with van der Waals surface area (Å²) in [6, 6.07) is 45.3. The molecular formula is C54H56BN3O2S. The SMILES string of the molecule is CC(C)(C)c1ccc(N2c3cc(C(C)(C)C)oc3B3c4oc(C(C)(C)C)cc4N(c4ccc(C(C)(C)C)cc4)c4cc(N5c6ccccc6Sc6ccccc65)cc2c43)cc1. The fourth-order valence-corrected chi connectivity index (χ4v) is 10.2. The third kappa shape index (κ3) is 6.45. The molecule has 0 bridgehead atoms. The Hall–Kier alpha value is -5.53. The van der Waals surface area contributed by atoms with E-state index in [1.165, 1.54) is 37.8 Å². The van der Waals surface area contributed by atoms with Crippen LogP contribution < -0.4 is 31.5 Å². The number of para-hydroxylation sites is 2. The van der Waals surface area contributed by atoms with E-state index in [1.54, 1.807) is 0 Å². The van der Waals surface area contributed by atoms with Gasteiger partial charge in [-0.15, -0.1) is 0 Å². The smallest absolute Gasteiger partial charge is 0.342 e. The summed E-state index contributed by atoms with van der Waals surface area (Å²) in [5.41, 5.74) is 15.1. The van der Waals surface area contributed by atoms with Gasteiger partial charge in [-0.3, -0.25) is 0 Å².